The molecule has 0 aliphatic carbocycles. The fourth-order valence-electron chi connectivity index (χ4n) is 1.31. The van der Waals surface area contributed by atoms with E-state index in [1.54, 1.807) is 13.3 Å². The molecule has 2 aromatic heterocycles. The molecule has 74 valence electrons. The quantitative estimate of drug-likeness (QED) is 0.841. The maximum Gasteiger partial charge on any atom is 0.0877 e. The first kappa shape index (κ1) is 9.61. The van der Waals surface area contributed by atoms with E-state index in [1.807, 2.05) is 17.1 Å². The largest absolute Gasteiger partial charge is 0.383 e. The molecule has 0 saturated carbocycles. The number of halogens is 1. The van der Waals surface area contributed by atoms with Gasteiger partial charge in [-0.05, 0) is 15.9 Å². The highest BCUT2D eigenvalue weighted by atomic mass is 79.9. The molecule has 2 heterocycles. The molecule has 0 unspecified atom stereocenters. The Labute approximate surface area is 90.0 Å². The summed E-state index contributed by atoms with van der Waals surface area (Å²) in [6.45, 7) is 1.40. The Balaban J connectivity index is 2.42. The van der Waals surface area contributed by atoms with E-state index in [0.29, 0.717) is 6.61 Å². The third kappa shape index (κ3) is 1.65. The summed E-state index contributed by atoms with van der Waals surface area (Å²) in [4.78, 5) is 4.10. The molecular weight excluding hydrogens is 246 g/mol. The fraction of sp³-hybridized carbons (Fsp3) is 0.333. The number of nitrogens with zero attached hydrogens (tertiary/aromatic N) is 3. The summed E-state index contributed by atoms with van der Waals surface area (Å²) >= 11 is 3.43. The number of rotatable bonds is 3. The number of hydrogen-bond acceptors (Lipinski definition) is 3. The van der Waals surface area contributed by atoms with Gasteiger partial charge >= 0.3 is 0 Å². The first-order valence-corrected chi connectivity index (χ1v) is 5.06. The van der Waals surface area contributed by atoms with E-state index >= 15 is 0 Å². The third-order valence-corrected chi connectivity index (χ3v) is 2.66. The average molecular weight is 256 g/mol. The maximum atomic E-state index is 5.00. The molecule has 2 aromatic rings. The van der Waals surface area contributed by atoms with Gasteiger partial charge in [0.25, 0.3) is 0 Å². The highest BCUT2D eigenvalue weighted by molar-refractivity contribution is 9.10. The Hall–Kier alpha value is -0.940. The Morgan fingerprint density at radius 3 is 3.07 bits per heavy atom. The molecule has 0 aliphatic rings. The zero-order valence-corrected chi connectivity index (χ0v) is 9.36. The van der Waals surface area contributed by atoms with Crippen LogP contribution in [0.25, 0.3) is 10.9 Å². The number of fused-ring (bicyclic) bond motifs is 1. The molecule has 0 spiro atoms. The van der Waals surface area contributed by atoms with E-state index in [2.05, 4.69) is 26.0 Å². The monoisotopic (exact) mass is 255 g/mol. The Bertz CT molecular complexity index is 441. The van der Waals surface area contributed by atoms with Crippen molar-refractivity contribution in [2.24, 2.45) is 0 Å². The second-order valence-corrected chi connectivity index (χ2v) is 3.77. The van der Waals surface area contributed by atoms with Crippen molar-refractivity contribution in [3.8, 4) is 0 Å². The molecule has 0 atom stereocenters. The Morgan fingerprint density at radius 2 is 2.29 bits per heavy atom. The second-order valence-electron chi connectivity index (χ2n) is 2.91. The molecule has 0 N–H and O–H groups in total. The standard InChI is InChI=1S/C9H10BrN3O/c1-14-3-2-13-9-6-11-5-8(10)7(9)4-12-13/h4-6H,2-3H2,1H3. The lowest BCUT2D eigenvalue weighted by molar-refractivity contribution is 0.185. The number of hydrogen-bond donors (Lipinski definition) is 0. The van der Waals surface area contributed by atoms with Gasteiger partial charge in [0.2, 0.25) is 0 Å². The molecule has 0 radical (unpaired) electrons. The second kappa shape index (κ2) is 4.06. The molecular formula is C9H10BrN3O. The number of methoxy groups -OCH3 is 1. The number of aromatic nitrogens is 3. The predicted molar refractivity (Wildman–Crippen MR) is 57.1 cm³/mol. The van der Waals surface area contributed by atoms with Gasteiger partial charge in [-0.3, -0.25) is 9.67 Å². The van der Waals surface area contributed by atoms with Gasteiger partial charge < -0.3 is 4.74 Å². The lowest BCUT2D eigenvalue weighted by atomic mass is 10.3. The van der Waals surface area contributed by atoms with Crippen LogP contribution in [0.3, 0.4) is 0 Å². The summed E-state index contributed by atoms with van der Waals surface area (Å²) in [5.41, 5.74) is 1.02. The first-order valence-electron chi connectivity index (χ1n) is 4.27. The molecule has 5 heteroatoms. The highest BCUT2D eigenvalue weighted by Gasteiger charge is 2.04. The summed E-state index contributed by atoms with van der Waals surface area (Å²) in [6, 6.07) is 0. The molecule has 0 amide bonds. The minimum atomic E-state index is 0.656. The van der Waals surface area contributed by atoms with Crippen molar-refractivity contribution in [2.75, 3.05) is 13.7 Å². The summed E-state index contributed by atoms with van der Waals surface area (Å²) in [5, 5.41) is 5.34. The molecule has 14 heavy (non-hydrogen) atoms. The zero-order chi connectivity index (χ0) is 9.97. The van der Waals surface area contributed by atoms with E-state index in [4.69, 9.17) is 4.74 Å². The van der Waals surface area contributed by atoms with Gasteiger partial charge in [-0.1, -0.05) is 0 Å². The van der Waals surface area contributed by atoms with Crippen molar-refractivity contribution in [3.05, 3.63) is 23.1 Å². The highest BCUT2D eigenvalue weighted by Crippen LogP contribution is 2.21. The van der Waals surface area contributed by atoms with Crippen LogP contribution in [0.1, 0.15) is 0 Å². The lowest BCUT2D eigenvalue weighted by Crippen LogP contribution is -2.05. The van der Waals surface area contributed by atoms with Crippen molar-refractivity contribution in [1.29, 1.82) is 0 Å². The first-order chi connectivity index (χ1) is 6.83. The average Bonchev–Trinajstić information content (AvgIpc) is 2.60. The van der Waals surface area contributed by atoms with Crippen LogP contribution in [0.5, 0.6) is 0 Å². The Morgan fingerprint density at radius 1 is 1.43 bits per heavy atom. The van der Waals surface area contributed by atoms with Gasteiger partial charge in [0.1, 0.15) is 0 Å². The summed E-state index contributed by atoms with van der Waals surface area (Å²) in [6.07, 6.45) is 5.41. The van der Waals surface area contributed by atoms with E-state index in [1.165, 1.54) is 0 Å². The van der Waals surface area contributed by atoms with Crippen LogP contribution in [0.15, 0.2) is 23.1 Å². The minimum absolute atomic E-state index is 0.656. The lowest BCUT2D eigenvalue weighted by Gasteiger charge is -2.01. The van der Waals surface area contributed by atoms with E-state index < -0.39 is 0 Å². The van der Waals surface area contributed by atoms with Gasteiger partial charge in [0, 0.05) is 23.2 Å². The summed E-state index contributed by atoms with van der Waals surface area (Å²) in [5.74, 6) is 0. The van der Waals surface area contributed by atoms with Gasteiger partial charge in [-0.25, -0.2) is 0 Å². The van der Waals surface area contributed by atoms with E-state index in [0.717, 1.165) is 21.9 Å². The van der Waals surface area contributed by atoms with Crippen LogP contribution >= 0.6 is 15.9 Å². The molecule has 0 fully saturated rings. The van der Waals surface area contributed by atoms with Crippen LogP contribution in [-0.4, -0.2) is 28.5 Å². The fourth-order valence-corrected chi connectivity index (χ4v) is 1.74. The molecule has 0 bridgehead atoms. The molecule has 0 aliphatic heterocycles. The molecule has 0 aromatic carbocycles. The van der Waals surface area contributed by atoms with Gasteiger partial charge in [-0.15, -0.1) is 0 Å². The van der Waals surface area contributed by atoms with E-state index in [9.17, 15) is 0 Å². The molecule has 4 nitrogen and oxygen atoms in total. The number of ether oxygens (including phenoxy) is 1. The SMILES string of the molecule is COCCn1ncc2c(Br)cncc21. The van der Waals surface area contributed by atoms with Crippen LogP contribution in [0.4, 0.5) is 0 Å². The van der Waals surface area contributed by atoms with Crippen molar-refractivity contribution >= 4 is 26.8 Å². The van der Waals surface area contributed by atoms with Crippen molar-refractivity contribution in [2.45, 2.75) is 6.54 Å². The van der Waals surface area contributed by atoms with Crippen LogP contribution in [0.2, 0.25) is 0 Å². The van der Waals surface area contributed by atoms with Gasteiger partial charge in [0.15, 0.2) is 0 Å². The smallest absolute Gasteiger partial charge is 0.0877 e. The van der Waals surface area contributed by atoms with Crippen molar-refractivity contribution in [1.82, 2.24) is 14.8 Å². The summed E-state index contributed by atoms with van der Waals surface area (Å²) < 4.78 is 7.86. The Kier molecular flexibility index (Phi) is 2.79. The normalized spacial score (nSPS) is 11.0. The number of pyridine rings is 1. The third-order valence-electron chi connectivity index (χ3n) is 2.03. The molecule has 0 saturated heterocycles. The van der Waals surface area contributed by atoms with Crippen molar-refractivity contribution < 1.29 is 4.74 Å². The van der Waals surface area contributed by atoms with Gasteiger partial charge in [0.05, 0.1) is 31.1 Å². The predicted octanol–water partition coefficient (Wildman–Crippen LogP) is 1.84. The van der Waals surface area contributed by atoms with Crippen molar-refractivity contribution in [3.63, 3.8) is 0 Å². The summed E-state index contributed by atoms with van der Waals surface area (Å²) in [7, 11) is 1.68. The maximum absolute atomic E-state index is 5.00. The van der Waals surface area contributed by atoms with E-state index in [-0.39, 0.29) is 0 Å². The van der Waals surface area contributed by atoms with Crippen LogP contribution in [0, 0.1) is 0 Å². The van der Waals surface area contributed by atoms with Crippen LogP contribution in [-0.2, 0) is 11.3 Å². The van der Waals surface area contributed by atoms with Crippen LogP contribution < -0.4 is 0 Å². The zero-order valence-electron chi connectivity index (χ0n) is 7.77. The molecule has 2 rings (SSSR count). The minimum Gasteiger partial charge on any atom is -0.383 e. The topological polar surface area (TPSA) is 39.9 Å². The van der Waals surface area contributed by atoms with Gasteiger partial charge in [-0.2, -0.15) is 5.10 Å².